The van der Waals surface area contributed by atoms with Crippen molar-refractivity contribution in [2.24, 2.45) is 0 Å². The molecule has 0 aliphatic carbocycles. The molecule has 5 rings (SSSR count). The van der Waals surface area contributed by atoms with Crippen molar-refractivity contribution in [2.75, 3.05) is 0 Å². The van der Waals surface area contributed by atoms with E-state index in [0.29, 0.717) is 12.0 Å². The van der Waals surface area contributed by atoms with Gasteiger partial charge in [-0.05, 0) is 40.0 Å². The molecule has 1 fully saturated rings. The summed E-state index contributed by atoms with van der Waals surface area (Å²) < 4.78 is 5.97. The number of esters is 1. The van der Waals surface area contributed by atoms with Crippen LogP contribution in [-0.4, -0.2) is 38.0 Å². The second-order valence-corrected chi connectivity index (χ2v) is 14.0. The van der Waals surface area contributed by atoms with Gasteiger partial charge >= 0.3 is 5.97 Å². The molecule has 1 amide bonds. The maximum Gasteiger partial charge on any atom is 0.356 e. The Morgan fingerprint density at radius 1 is 0.881 bits per heavy atom. The number of alkyl halides is 1. The Morgan fingerprint density at radius 2 is 1.36 bits per heavy atom. The van der Waals surface area contributed by atoms with Crippen LogP contribution in [0.3, 0.4) is 0 Å². The number of non-ortho nitro benzene ring substituents is 1. The molecule has 7 nitrogen and oxygen atoms in total. The molecule has 212 valence electrons. The third kappa shape index (κ3) is 5.36. The second kappa shape index (κ2) is 12.7. The number of hydrogen-bond donors (Lipinski definition) is 0. The highest BCUT2D eigenvalue weighted by Crippen LogP contribution is 2.49. The average molecular weight is 643 g/mol. The summed E-state index contributed by atoms with van der Waals surface area (Å²) in [5.41, 5.74) is 0.814. The molecule has 1 aliphatic rings. The summed E-state index contributed by atoms with van der Waals surface area (Å²) in [6.45, 7) is 0.764. The van der Waals surface area contributed by atoms with Crippen LogP contribution in [0.4, 0.5) is 5.69 Å². The van der Waals surface area contributed by atoms with Crippen LogP contribution in [0.15, 0.2) is 128 Å². The summed E-state index contributed by atoms with van der Waals surface area (Å²) >= 11 is 3.53. The van der Waals surface area contributed by atoms with Crippen molar-refractivity contribution < 1.29 is 19.2 Å². The van der Waals surface area contributed by atoms with Crippen LogP contribution < -0.4 is 15.9 Å². The number of hydrogen-bond acceptors (Lipinski definition) is 5. The third-order valence-electron chi connectivity index (χ3n) is 7.23. The summed E-state index contributed by atoms with van der Waals surface area (Å²) in [6, 6.07) is 34.9. The minimum absolute atomic E-state index is 0.0543. The minimum Gasteiger partial charge on any atom is -0.456 e. The molecular weight excluding hydrogens is 615 g/mol. The molecule has 1 heterocycles. The van der Waals surface area contributed by atoms with Gasteiger partial charge in [0.25, 0.3) is 5.69 Å². The largest absolute Gasteiger partial charge is 0.456 e. The second-order valence-electron chi connectivity index (χ2n) is 9.70. The average Bonchev–Trinajstić information content (AvgIpc) is 3.04. The van der Waals surface area contributed by atoms with Crippen molar-refractivity contribution in [3.63, 3.8) is 0 Å². The van der Waals surface area contributed by atoms with Crippen LogP contribution in [0.5, 0.6) is 0 Å². The van der Waals surface area contributed by atoms with Crippen molar-refractivity contribution >= 4 is 61.7 Å². The molecular formula is C33H28BrN2O5P. The standard InChI is InChI=1S/C33H28BrN2O5P/c1-2-12-29-30(34)31(37)35(29)32(33(38)41-23-24-19-21-25(22-20-24)36(39)40)42(26-13-6-3-7-14-26,27-15-8-4-9-16-27)28-17-10-5-11-18-28/h2-11,13-22,29-30H,1,12,23H2. The number of carbonyl (C=O) groups is 2. The number of nitro benzene ring substituents is 1. The van der Waals surface area contributed by atoms with Crippen LogP contribution in [0, 0.1) is 10.1 Å². The van der Waals surface area contributed by atoms with E-state index < -0.39 is 22.6 Å². The number of benzene rings is 4. The highest BCUT2D eigenvalue weighted by atomic mass is 79.9. The zero-order valence-electron chi connectivity index (χ0n) is 22.6. The van der Waals surface area contributed by atoms with Crippen LogP contribution in [0.2, 0.25) is 0 Å². The van der Waals surface area contributed by atoms with Crippen molar-refractivity contribution in [2.45, 2.75) is 23.9 Å². The van der Waals surface area contributed by atoms with Gasteiger partial charge in [0.1, 0.15) is 16.9 Å². The number of likely N-dealkylation sites (tertiary alicyclic amines) is 1. The van der Waals surface area contributed by atoms with E-state index in [1.807, 2.05) is 91.0 Å². The Labute approximate surface area is 252 Å². The maximum atomic E-state index is 14.5. The normalized spacial score (nSPS) is 16.3. The van der Waals surface area contributed by atoms with Gasteiger partial charge in [0.15, 0.2) is 0 Å². The van der Waals surface area contributed by atoms with Gasteiger partial charge < -0.3 is 4.74 Å². The smallest absolute Gasteiger partial charge is 0.356 e. The lowest BCUT2D eigenvalue weighted by atomic mass is 9.98. The Morgan fingerprint density at radius 3 is 1.79 bits per heavy atom. The predicted octanol–water partition coefficient (Wildman–Crippen LogP) is 5.31. The molecule has 4 aromatic carbocycles. The first-order valence-corrected chi connectivity index (χ1v) is 16.0. The number of amides is 1. The Kier molecular flexibility index (Phi) is 8.86. The van der Waals surface area contributed by atoms with Gasteiger partial charge in [-0.1, -0.05) is 113 Å². The molecule has 2 atom stereocenters. The molecule has 2 unspecified atom stereocenters. The quantitative estimate of drug-likeness (QED) is 0.0445. The van der Waals surface area contributed by atoms with Crippen LogP contribution in [-0.2, 0) is 20.9 Å². The molecule has 0 bridgehead atoms. The van der Waals surface area contributed by atoms with E-state index in [1.165, 1.54) is 12.1 Å². The first-order chi connectivity index (χ1) is 20.4. The first kappa shape index (κ1) is 29.2. The van der Waals surface area contributed by atoms with Crippen LogP contribution in [0.1, 0.15) is 12.0 Å². The maximum absolute atomic E-state index is 14.5. The number of nitrogens with zero attached hydrogens (tertiary/aromatic N) is 2. The van der Waals surface area contributed by atoms with Crippen LogP contribution >= 0.6 is 22.8 Å². The SMILES string of the molecule is C=CCC1C(Br)C(=O)N1C(C(=O)OCc1ccc([N+](=O)[O-])cc1)=P(c1ccccc1)(c1ccccc1)c1ccccc1. The molecule has 9 heteroatoms. The van der Waals surface area contributed by atoms with Gasteiger partial charge in [0.05, 0.1) is 11.0 Å². The number of rotatable bonds is 10. The van der Waals surface area contributed by atoms with Crippen molar-refractivity contribution in [3.05, 3.63) is 144 Å². The van der Waals surface area contributed by atoms with E-state index in [-0.39, 0.29) is 29.7 Å². The molecule has 0 N–H and O–H groups in total. The molecule has 0 saturated carbocycles. The molecule has 0 aromatic heterocycles. The molecule has 4 aromatic rings. The summed E-state index contributed by atoms with van der Waals surface area (Å²) in [7, 11) is 0. The van der Waals surface area contributed by atoms with Gasteiger partial charge in [-0.3, -0.25) is 19.8 Å². The van der Waals surface area contributed by atoms with Crippen LogP contribution in [0.25, 0.3) is 0 Å². The molecule has 42 heavy (non-hydrogen) atoms. The summed E-state index contributed by atoms with van der Waals surface area (Å²) in [5.74, 6) is -0.851. The summed E-state index contributed by atoms with van der Waals surface area (Å²) in [6.07, 6.45) is 2.21. The summed E-state index contributed by atoms with van der Waals surface area (Å²) in [4.78, 5) is 40.0. The summed E-state index contributed by atoms with van der Waals surface area (Å²) in [5, 5.41) is 13.8. The fourth-order valence-electron chi connectivity index (χ4n) is 5.26. The zero-order chi connectivity index (χ0) is 29.7. The first-order valence-electron chi connectivity index (χ1n) is 13.3. The fourth-order valence-corrected chi connectivity index (χ4v) is 10.3. The van der Waals surface area contributed by atoms with Gasteiger partial charge in [-0.15, -0.1) is 6.58 Å². The topological polar surface area (TPSA) is 89.8 Å². The number of β-lactam (4-membered cyclic amide) rings is 1. The van der Waals surface area contributed by atoms with Crippen molar-refractivity contribution in [3.8, 4) is 0 Å². The third-order valence-corrected chi connectivity index (χ3v) is 12.5. The van der Waals surface area contributed by atoms with Gasteiger partial charge in [-0.2, -0.15) is 0 Å². The van der Waals surface area contributed by atoms with Gasteiger partial charge in [-0.25, -0.2) is 4.79 Å². The number of halogens is 1. The number of ether oxygens (including phenoxy) is 1. The minimum atomic E-state index is -3.01. The highest BCUT2D eigenvalue weighted by Gasteiger charge is 2.52. The fraction of sp³-hybridized carbons (Fsp3) is 0.121. The Balaban J connectivity index is 1.80. The van der Waals surface area contributed by atoms with Crippen molar-refractivity contribution in [1.82, 2.24) is 4.90 Å². The van der Waals surface area contributed by atoms with E-state index in [4.69, 9.17) is 4.74 Å². The molecule has 1 saturated heterocycles. The number of nitro groups is 1. The highest BCUT2D eigenvalue weighted by molar-refractivity contribution is 9.10. The van der Waals surface area contributed by atoms with Gasteiger partial charge in [0, 0.05) is 19.0 Å². The molecule has 0 radical (unpaired) electrons. The lowest BCUT2D eigenvalue weighted by Crippen LogP contribution is -2.66. The van der Waals surface area contributed by atoms with Gasteiger partial charge in [0.2, 0.25) is 5.91 Å². The van der Waals surface area contributed by atoms with E-state index in [0.717, 1.165) is 15.9 Å². The Hall–Kier alpha value is -4.26. The predicted molar refractivity (Wildman–Crippen MR) is 171 cm³/mol. The monoisotopic (exact) mass is 642 g/mol. The Bertz CT molecular complexity index is 1560. The lowest BCUT2D eigenvalue weighted by Gasteiger charge is -2.47. The van der Waals surface area contributed by atoms with E-state index in [9.17, 15) is 19.7 Å². The zero-order valence-corrected chi connectivity index (χ0v) is 25.1. The molecule has 1 aliphatic heterocycles. The lowest BCUT2D eigenvalue weighted by molar-refractivity contribution is -0.384. The van der Waals surface area contributed by atoms with E-state index in [2.05, 4.69) is 22.5 Å². The van der Waals surface area contributed by atoms with Crippen molar-refractivity contribution in [1.29, 1.82) is 0 Å². The molecule has 0 spiro atoms. The van der Waals surface area contributed by atoms with E-state index in [1.54, 1.807) is 23.1 Å². The van der Waals surface area contributed by atoms with E-state index >= 15 is 0 Å². The number of carbonyl (C=O) groups excluding carboxylic acids is 2.